The summed E-state index contributed by atoms with van der Waals surface area (Å²) in [5, 5.41) is 7.89. The van der Waals surface area contributed by atoms with Crippen LogP contribution in [-0.2, 0) is 13.0 Å². The summed E-state index contributed by atoms with van der Waals surface area (Å²) in [6, 6.07) is 5.75. The molecule has 6 heteroatoms. The molecule has 0 radical (unpaired) electrons. The van der Waals surface area contributed by atoms with Crippen LogP contribution in [0.5, 0.6) is 0 Å². The van der Waals surface area contributed by atoms with E-state index in [1.807, 2.05) is 18.2 Å². The van der Waals surface area contributed by atoms with Crippen LogP contribution in [0.2, 0.25) is 5.02 Å². The number of aryl methyl sites for hydroxylation is 1. The first-order valence-corrected chi connectivity index (χ1v) is 6.76. The van der Waals surface area contributed by atoms with E-state index >= 15 is 0 Å². The van der Waals surface area contributed by atoms with Gasteiger partial charge in [-0.25, -0.2) is 0 Å². The van der Waals surface area contributed by atoms with E-state index in [-0.39, 0.29) is 0 Å². The van der Waals surface area contributed by atoms with Crippen LogP contribution in [0.15, 0.2) is 27.2 Å². The first-order valence-electron chi connectivity index (χ1n) is 5.59. The van der Waals surface area contributed by atoms with Crippen molar-refractivity contribution in [1.82, 2.24) is 15.5 Å². The van der Waals surface area contributed by atoms with Gasteiger partial charge in [-0.1, -0.05) is 32.7 Å². The molecule has 96 valence electrons. The first-order chi connectivity index (χ1) is 8.65. The number of benzene rings is 1. The Balaban J connectivity index is 1.80. The number of hydrogen-bond donors (Lipinski definition) is 1. The third kappa shape index (κ3) is 3.80. The summed E-state index contributed by atoms with van der Waals surface area (Å²) in [5.74, 6) is 1.33. The zero-order chi connectivity index (χ0) is 13.0. The second-order valence-electron chi connectivity index (χ2n) is 3.89. The molecule has 0 saturated heterocycles. The van der Waals surface area contributed by atoms with Crippen molar-refractivity contribution < 1.29 is 4.52 Å². The van der Waals surface area contributed by atoms with Crippen LogP contribution in [0.25, 0.3) is 0 Å². The smallest absolute Gasteiger partial charge is 0.223 e. The Morgan fingerprint density at radius 2 is 2.28 bits per heavy atom. The molecule has 1 heterocycles. The van der Waals surface area contributed by atoms with E-state index in [4.69, 9.17) is 16.1 Å². The zero-order valence-corrected chi connectivity index (χ0v) is 12.3. The lowest BCUT2D eigenvalue weighted by Crippen LogP contribution is -2.17. The highest BCUT2D eigenvalue weighted by molar-refractivity contribution is 9.10. The molecule has 2 aromatic rings. The second kappa shape index (κ2) is 6.31. The molecule has 1 N–H and O–H groups in total. The largest absolute Gasteiger partial charge is 0.340 e. The van der Waals surface area contributed by atoms with Crippen LogP contribution in [-0.4, -0.2) is 16.7 Å². The summed E-state index contributed by atoms with van der Waals surface area (Å²) < 4.78 is 5.95. The predicted octanol–water partition coefficient (Wildman–Crippen LogP) is 3.13. The highest BCUT2D eigenvalue weighted by Crippen LogP contribution is 2.20. The maximum Gasteiger partial charge on any atom is 0.223 e. The molecule has 0 aliphatic rings. The van der Waals surface area contributed by atoms with Crippen LogP contribution >= 0.6 is 27.5 Å². The quantitative estimate of drug-likeness (QED) is 0.856. The Morgan fingerprint density at radius 1 is 1.44 bits per heavy atom. The van der Waals surface area contributed by atoms with E-state index in [0.717, 1.165) is 40.4 Å². The Hall–Kier alpha value is -0.910. The van der Waals surface area contributed by atoms with Crippen molar-refractivity contribution in [2.45, 2.75) is 19.9 Å². The van der Waals surface area contributed by atoms with Crippen molar-refractivity contribution in [2.75, 3.05) is 6.54 Å². The van der Waals surface area contributed by atoms with Crippen LogP contribution in [0.1, 0.15) is 17.3 Å². The van der Waals surface area contributed by atoms with Crippen LogP contribution in [0.3, 0.4) is 0 Å². The van der Waals surface area contributed by atoms with Gasteiger partial charge in [-0.3, -0.25) is 0 Å². The molecule has 0 aliphatic heterocycles. The van der Waals surface area contributed by atoms with Gasteiger partial charge in [-0.05, 0) is 23.8 Å². The molecule has 0 unspecified atom stereocenters. The fourth-order valence-electron chi connectivity index (χ4n) is 1.54. The Labute approximate surface area is 119 Å². The number of nitrogens with zero attached hydrogens (tertiary/aromatic N) is 2. The average molecular weight is 331 g/mol. The Bertz CT molecular complexity index is 530. The molecule has 0 aliphatic carbocycles. The lowest BCUT2D eigenvalue weighted by molar-refractivity contribution is 0.387. The molecule has 0 amide bonds. The van der Waals surface area contributed by atoms with Crippen molar-refractivity contribution >= 4 is 27.5 Å². The highest BCUT2D eigenvalue weighted by atomic mass is 79.9. The Kier molecular flexibility index (Phi) is 4.74. The molecule has 0 bridgehead atoms. The number of halogens is 2. The van der Waals surface area contributed by atoms with Gasteiger partial charge in [0.1, 0.15) is 0 Å². The van der Waals surface area contributed by atoms with Crippen molar-refractivity contribution in [3.63, 3.8) is 0 Å². The summed E-state index contributed by atoms with van der Waals surface area (Å²) in [6.07, 6.45) is 0.746. The predicted molar refractivity (Wildman–Crippen MR) is 73.6 cm³/mol. The number of nitrogens with one attached hydrogen (secondary N) is 1. The molecule has 1 aromatic heterocycles. The lowest BCUT2D eigenvalue weighted by Gasteiger charge is -2.06. The van der Waals surface area contributed by atoms with Crippen LogP contribution in [0.4, 0.5) is 0 Å². The van der Waals surface area contributed by atoms with E-state index in [2.05, 4.69) is 31.4 Å². The molecule has 0 atom stereocenters. The minimum Gasteiger partial charge on any atom is -0.340 e. The monoisotopic (exact) mass is 329 g/mol. The van der Waals surface area contributed by atoms with Crippen molar-refractivity contribution in [1.29, 1.82) is 0 Å². The van der Waals surface area contributed by atoms with Gasteiger partial charge >= 0.3 is 0 Å². The molecular formula is C12H13BrClN3O. The summed E-state index contributed by atoms with van der Waals surface area (Å²) in [5.41, 5.74) is 1.13. The lowest BCUT2D eigenvalue weighted by atomic mass is 10.2. The molecule has 0 fully saturated rings. The third-order valence-electron chi connectivity index (χ3n) is 2.42. The fourth-order valence-corrected chi connectivity index (χ4v) is 2.13. The second-order valence-corrected chi connectivity index (χ2v) is 5.18. The van der Waals surface area contributed by atoms with Crippen molar-refractivity contribution in [3.8, 4) is 0 Å². The van der Waals surface area contributed by atoms with Gasteiger partial charge in [0.15, 0.2) is 5.82 Å². The van der Waals surface area contributed by atoms with E-state index in [1.54, 1.807) is 6.92 Å². The SMILES string of the molecule is Cc1nc(CCNCc2cc(Cl)ccc2Br)no1. The maximum absolute atomic E-state index is 5.95. The number of aromatic nitrogens is 2. The van der Waals surface area contributed by atoms with Gasteiger partial charge in [0.25, 0.3) is 0 Å². The highest BCUT2D eigenvalue weighted by Gasteiger charge is 2.03. The molecule has 4 nitrogen and oxygen atoms in total. The van der Waals surface area contributed by atoms with Crippen molar-refractivity contribution in [2.24, 2.45) is 0 Å². The van der Waals surface area contributed by atoms with Crippen molar-refractivity contribution in [3.05, 3.63) is 45.0 Å². The molecule has 0 spiro atoms. The van der Waals surface area contributed by atoms with E-state index < -0.39 is 0 Å². The van der Waals surface area contributed by atoms with Gasteiger partial charge in [-0.15, -0.1) is 0 Å². The molecule has 2 rings (SSSR count). The minimum absolute atomic E-state index is 0.600. The van der Waals surface area contributed by atoms with E-state index in [9.17, 15) is 0 Å². The summed E-state index contributed by atoms with van der Waals surface area (Å²) in [7, 11) is 0. The van der Waals surface area contributed by atoms with Gasteiger partial charge < -0.3 is 9.84 Å². The summed E-state index contributed by atoms with van der Waals surface area (Å²) in [6.45, 7) is 3.32. The minimum atomic E-state index is 0.600. The van der Waals surface area contributed by atoms with Crippen LogP contribution < -0.4 is 5.32 Å². The summed E-state index contributed by atoms with van der Waals surface area (Å²) >= 11 is 9.44. The molecule has 18 heavy (non-hydrogen) atoms. The molecular weight excluding hydrogens is 318 g/mol. The normalized spacial score (nSPS) is 10.8. The molecule has 1 aromatic carbocycles. The Morgan fingerprint density at radius 3 is 3.00 bits per heavy atom. The maximum atomic E-state index is 5.95. The van der Waals surface area contributed by atoms with Gasteiger partial charge in [0, 0.05) is 35.9 Å². The van der Waals surface area contributed by atoms with Gasteiger partial charge in [0.05, 0.1) is 0 Å². The fraction of sp³-hybridized carbons (Fsp3) is 0.333. The zero-order valence-electron chi connectivity index (χ0n) is 9.91. The third-order valence-corrected chi connectivity index (χ3v) is 3.43. The number of rotatable bonds is 5. The summed E-state index contributed by atoms with van der Waals surface area (Å²) in [4.78, 5) is 4.14. The molecule has 0 saturated carbocycles. The standard InChI is InChI=1S/C12H13BrClN3O/c1-8-16-12(17-18-8)4-5-15-7-9-6-10(14)2-3-11(9)13/h2-3,6,15H,4-5,7H2,1H3. The van der Waals surface area contributed by atoms with E-state index in [1.165, 1.54) is 0 Å². The first kappa shape index (κ1) is 13.5. The number of hydrogen-bond acceptors (Lipinski definition) is 4. The van der Waals surface area contributed by atoms with Gasteiger partial charge in [0.2, 0.25) is 5.89 Å². The topological polar surface area (TPSA) is 51.0 Å². The van der Waals surface area contributed by atoms with Gasteiger partial charge in [-0.2, -0.15) is 4.98 Å². The average Bonchev–Trinajstić information content (AvgIpc) is 2.75. The van der Waals surface area contributed by atoms with Crippen LogP contribution in [0, 0.1) is 6.92 Å². The van der Waals surface area contributed by atoms with E-state index in [0.29, 0.717) is 5.89 Å².